The van der Waals surface area contributed by atoms with Crippen molar-refractivity contribution >= 4 is 23.3 Å². The Morgan fingerprint density at radius 1 is 1.12 bits per heavy atom. The normalized spacial score (nSPS) is 16.2. The summed E-state index contributed by atoms with van der Waals surface area (Å²) in [6, 6.07) is 13.0. The molecule has 3 rings (SSSR count). The Morgan fingerprint density at radius 3 is 2.45 bits per heavy atom. The number of carbonyl (C=O) groups is 2. The van der Waals surface area contributed by atoms with E-state index in [1.807, 2.05) is 42.5 Å². The first-order valence-corrected chi connectivity index (χ1v) is 11.3. The van der Waals surface area contributed by atoms with Crippen LogP contribution < -0.4 is 15.4 Å². The Bertz CT molecular complexity index is 1020. The van der Waals surface area contributed by atoms with Gasteiger partial charge in [-0.3, -0.25) is 4.79 Å². The van der Waals surface area contributed by atoms with E-state index < -0.39 is 17.7 Å². The molecule has 2 N–H and O–H groups in total. The third-order valence-corrected chi connectivity index (χ3v) is 5.68. The van der Waals surface area contributed by atoms with E-state index in [0.29, 0.717) is 17.9 Å². The standard InChI is InChI=1S/C27H34N2O4/c1-17(28-20-12-8-7-9-13-20)23-22(32-6)16-15-19-11-10-14-21(24(19)23)25(30)18(2)29-26(31)33-27(3,4)5/h7-9,12-13,15-16,18,21,28H,1,10-11,14H2,2-6H3,(H,29,31)/t18-,21?/m0/s1. The molecule has 2 atom stereocenters. The van der Waals surface area contributed by atoms with Gasteiger partial charge in [0.1, 0.15) is 11.4 Å². The zero-order valence-electron chi connectivity index (χ0n) is 20.2. The van der Waals surface area contributed by atoms with Crippen molar-refractivity contribution in [3.8, 4) is 5.75 Å². The highest BCUT2D eigenvalue weighted by Crippen LogP contribution is 2.42. The number of benzene rings is 2. The summed E-state index contributed by atoms with van der Waals surface area (Å²) in [5, 5.41) is 6.06. The van der Waals surface area contributed by atoms with Gasteiger partial charge in [0.25, 0.3) is 0 Å². The topological polar surface area (TPSA) is 76.7 Å². The number of ketones is 1. The highest BCUT2D eigenvalue weighted by atomic mass is 16.6. The number of aryl methyl sites for hydroxylation is 1. The van der Waals surface area contributed by atoms with Crippen LogP contribution in [0.2, 0.25) is 0 Å². The van der Waals surface area contributed by atoms with Gasteiger partial charge >= 0.3 is 6.09 Å². The second-order valence-electron chi connectivity index (χ2n) is 9.40. The van der Waals surface area contributed by atoms with Gasteiger partial charge in [0.05, 0.1) is 13.2 Å². The van der Waals surface area contributed by atoms with Crippen molar-refractivity contribution in [1.29, 1.82) is 0 Å². The van der Waals surface area contributed by atoms with E-state index in [9.17, 15) is 9.59 Å². The molecule has 6 nitrogen and oxygen atoms in total. The molecule has 2 aromatic rings. The number of ether oxygens (including phenoxy) is 2. The molecule has 6 heteroatoms. The molecular formula is C27H34N2O4. The smallest absolute Gasteiger partial charge is 0.408 e. The van der Waals surface area contributed by atoms with Crippen LogP contribution in [0.3, 0.4) is 0 Å². The van der Waals surface area contributed by atoms with Crippen LogP contribution in [0.15, 0.2) is 49.0 Å². The van der Waals surface area contributed by atoms with Crippen molar-refractivity contribution in [3.63, 3.8) is 0 Å². The van der Waals surface area contributed by atoms with Crippen LogP contribution in [0.4, 0.5) is 10.5 Å². The number of nitrogens with one attached hydrogen (secondary N) is 2. The molecule has 0 aromatic heterocycles. The monoisotopic (exact) mass is 450 g/mol. The van der Waals surface area contributed by atoms with Gasteiger partial charge in [-0.05, 0) is 76.3 Å². The summed E-state index contributed by atoms with van der Waals surface area (Å²) in [5.41, 5.74) is 3.78. The molecule has 176 valence electrons. The van der Waals surface area contributed by atoms with Gasteiger partial charge in [0.15, 0.2) is 5.78 Å². The summed E-state index contributed by atoms with van der Waals surface area (Å²) in [5.74, 6) is 0.233. The number of hydrogen-bond donors (Lipinski definition) is 2. The van der Waals surface area contributed by atoms with Crippen molar-refractivity contribution < 1.29 is 19.1 Å². The van der Waals surface area contributed by atoms with Gasteiger partial charge in [-0.2, -0.15) is 0 Å². The number of rotatable bonds is 7. The van der Waals surface area contributed by atoms with E-state index in [-0.39, 0.29) is 11.7 Å². The lowest BCUT2D eigenvalue weighted by molar-refractivity contribution is -0.122. The lowest BCUT2D eigenvalue weighted by Crippen LogP contribution is -2.44. The number of alkyl carbamates (subject to hydrolysis) is 1. The maximum absolute atomic E-state index is 13.5. The maximum Gasteiger partial charge on any atom is 0.408 e. The number of anilines is 1. The van der Waals surface area contributed by atoms with Crippen LogP contribution >= 0.6 is 0 Å². The lowest BCUT2D eigenvalue weighted by Gasteiger charge is -2.31. The fourth-order valence-corrected chi connectivity index (χ4v) is 4.28. The minimum atomic E-state index is -0.690. The largest absolute Gasteiger partial charge is 0.496 e. The molecule has 0 heterocycles. The Morgan fingerprint density at radius 2 is 1.82 bits per heavy atom. The van der Waals surface area contributed by atoms with Gasteiger partial charge in [-0.15, -0.1) is 0 Å². The molecule has 2 aromatic carbocycles. The Kier molecular flexibility index (Phi) is 7.46. The predicted octanol–water partition coefficient (Wildman–Crippen LogP) is 5.68. The van der Waals surface area contributed by atoms with E-state index in [1.165, 1.54) is 0 Å². The van der Waals surface area contributed by atoms with Crippen LogP contribution in [0.5, 0.6) is 5.75 Å². The average Bonchev–Trinajstić information content (AvgIpc) is 2.76. The van der Waals surface area contributed by atoms with E-state index in [4.69, 9.17) is 9.47 Å². The first-order chi connectivity index (χ1) is 15.6. The van der Waals surface area contributed by atoms with Crippen molar-refractivity contribution in [2.75, 3.05) is 12.4 Å². The van der Waals surface area contributed by atoms with Crippen LogP contribution in [-0.2, 0) is 16.0 Å². The quantitative estimate of drug-likeness (QED) is 0.567. The van der Waals surface area contributed by atoms with Crippen LogP contribution in [0.25, 0.3) is 5.70 Å². The molecule has 1 aliphatic carbocycles. The molecule has 1 aliphatic rings. The number of para-hydroxylation sites is 1. The van der Waals surface area contributed by atoms with Crippen LogP contribution in [0, 0.1) is 0 Å². The highest BCUT2D eigenvalue weighted by molar-refractivity contribution is 5.95. The number of carbonyl (C=O) groups excluding carboxylic acids is 2. The Labute approximate surface area is 196 Å². The van der Waals surface area contributed by atoms with Crippen LogP contribution in [-0.4, -0.2) is 30.6 Å². The molecule has 0 aliphatic heterocycles. The third-order valence-electron chi connectivity index (χ3n) is 5.68. The summed E-state index contributed by atoms with van der Waals surface area (Å²) < 4.78 is 11.0. The zero-order valence-corrected chi connectivity index (χ0v) is 20.2. The number of methoxy groups -OCH3 is 1. The van der Waals surface area contributed by atoms with E-state index in [0.717, 1.165) is 35.2 Å². The fourth-order valence-electron chi connectivity index (χ4n) is 4.28. The molecule has 1 amide bonds. The van der Waals surface area contributed by atoms with Gasteiger partial charge in [-0.1, -0.05) is 30.8 Å². The average molecular weight is 451 g/mol. The molecule has 1 unspecified atom stereocenters. The number of hydrogen-bond acceptors (Lipinski definition) is 5. The van der Waals surface area contributed by atoms with E-state index >= 15 is 0 Å². The molecule has 0 saturated heterocycles. The van der Waals surface area contributed by atoms with Crippen molar-refractivity contribution in [2.24, 2.45) is 0 Å². The molecule has 0 fully saturated rings. The Balaban J connectivity index is 1.93. The minimum absolute atomic E-state index is 0.0520. The molecule has 0 spiro atoms. The summed E-state index contributed by atoms with van der Waals surface area (Å²) in [4.78, 5) is 25.8. The summed E-state index contributed by atoms with van der Waals surface area (Å²) in [6.07, 6.45) is 1.88. The number of amides is 1. The van der Waals surface area contributed by atoms with E-state index in [1.54, 1.807) is 34.8 Å². The number of Topliss-reactive ketones (excluding diaryl/α,β-unsaturated/α-hetero) is 1. The Hall–Kier alpha value is -3.28. The lowest BCUT2D eigenvalue weighted by atomic mass is 9.76. The summed E-state index contributed by atoms with van der Waals surface area (Å²) in [7, 11) is 1.62. The second-order valence-corrected chi connectivity index (χ2v) is 9.40. The molecule has 0 radical (unpaired) electrons. The zero-order chi connectivity index (χ0) is 24.2. The molecule has 0 saturated carbocycles. The molecule has 33 heavy (non-hydrogen) atoms. The van der Waals surface area contributed by atoms with Crippen molar-refractivity contribution in [1.82, 2.24) is 5.32 Å². The first-order valence-electron chi connectivity index (χ1n) is 11.3. The van der Waals surface area contributed by atoms with Crippen LogP contribution in [0.1, 0.15) is 63.1 Å². The van der Waals surface area contributed by atoms with Gasteiger partial charge in [-0.25, -0.2) is 4.79 Å². The minimum Gasteiger partial charge on any atom is -0.496 e. The molecular weight excluding hydrogens is 416 g/mol. The fraction of sp³-hybridized carbons (Fsp3) is 0.407. The van der Waals surface area contributed by atoms with Crippen molar-refractivity contribution in [3.05, 3.63) is 65.7 Å². The first kappa shape index (κ1) is 24.4. The third kappa shape index (κ3) is 5.95. The number of fused-ring (bicyclic) bond motifs is 1. The van der Waals surface area contributed by atoms with Gasteiger partial charge in [0, 0.05) is 22.9 Å². The summed E-state index contributed by atoms with van der Waals surface area (Å²) >= 11 is 0. The van der Waals surface area contributed by atoms with Crippen molar-refractivity contribution in [2.45, 2.75) is 64.5 Å². The maximum atomic E-state index is 13.5. The second kappa shape index (κ2) is 10.1. The highest BCUT2D eigenvalue weighted by Gasteiger charge is 2.34. The predicted molar refractivity (Wildman–Crippen MR) is 132 cm³/mol. The summed E-state index contributed by atoms with van der Waals surface area (Å²) in [6.45, 7) is 11.4. The van der Waals surface area contributed by atoms with Gasteiger partial charge < -0.3 is 20.1 Å². The SMILES string of the molecule is C=C(Nc1ccccc1)c1c(OC)ccc2c1C(C(=O)[C@H](C)NC(=O)OC(C)(C)C)CCC2. The molecule has 0 bridgehead atoms. The van der Waals surface area contributed by atoms with E-state index in [2.05, 4.69) is 17.2 Å². The van der Waals surface area contributed by atoms with Gasteiger partial charge in [0.2, 0.25) is 0 Å².